The molecule has 3 aromatic carbocycles. The topological polar surface area (TPSA) is 137 Å². The number of benzene rings is 3. The second-order valence-corrected chi connectivity index (χ2v) is 18.5. The van der Waals surface area contributed by atoms with Gasteiger partial charge in [-0.25, -0.2) is 4.57 Å². The predicted molar refractivity (Wildman–Crippen MR) is 227 cm³/mol. The number of carbonyl (C=O) groups excluding carboxylic acids is 2. The zero-order valence-electron chi connectivity index (χ0n) is 34.3. The maximum absolute atomic E-state index is 15.0. The van der Waals surface area contributed by atoms with Crippen LogP contribution in [0.5, 0.6) is 0 Å². The Balaban J connectivity index is 1.66. The first-order chi connectivity index (χ1) is 28.1. The lowest BCUT2D eigenvalue weighted by molar-refractivity contribution is -0.204. The van der Waals surface area contributed by atoms with Crippen LogP contribution in [-0.4, -0.2) is 86.5 Å². The number of carbonyl (C=O) groups is 2. The van der Waals surface area contributed by atoms with E-state index in [1.165, 1.54) is 28.1 Å². The molecule has 16 heteroatoms. The molecule has 0 radical (unpaired) electrons. The molecule has 1 aliphatic rings. The van der Waals surface area contributed by atoms with Gasteiger partial charge in [0.15, 0.2) is 6.29 Å². The first-order valence-corrected chi connectivity index (χ1v) is 22.4. The number of hydrogen-bond acceptors (Lipinski definition) is 12. The highest BCUT2D eigenvalue weighted by molar-refractivity contribution is 7.48. The highest BCUT2D eigenvalue weighted by Crippen LogP contribution is 2.58. The molecular formula is C43H57Cl3NO11P. The van der Waals surface area contributed by atoms with E-state index in [0.29, 0.717) is 38.9 Å². The number of rotatable bonds is 24. The fraction of sp³-hybridized carbons (Fsp3) is 0.535. The summed E-state index contributed by atoms with van der Waals surface area (Å²) < 4.78 is 59.3. The van der Waals surface area contributed by atoms with Gasteiger partial charge in [-0.2, -0.15) is 0 Å². The molecule has 2 unspecified atom stereocenters. The summed E-state index contributed by atoms with van der Waals surface area (Å²) in [6, 6.07) is 27.6. The van der Waals surface area contributed by atoms with Crippen LogP contribution in [0.1, 0.15) is 82.4 Å². The van der Waals surface area contributed by atoms with E-state index >= 15 is 4.57 Å². The summed E-state index contributed by atoms with van der Waals surface area (Å²) in [6.07, 6.45) is 2.27. The van der Waals surface area contributed by atoms with Gasteiger partial charge < -0.3 is 23.7 Å². The number of alkyl halides is 3. The van der Waals surface area contributed by atoms with Crippen molar-refractivity contribution in [2.75, 3.05) is 40.6 Å². The molecule has 3 aromatic rings. The molecule has 1 saturated heterocycles. The zero-order chi connectivity index (χ0) is 42.9. The van der Waals surface area contributed by atoms with Crippen LogP contribution in [0.4, 0.5) is 0 Å². The first-order valence-electron chi connectivity index (χ1n) is 19.8. The van der Waals surface area contributed by atoms with E-state index in [1.54, 1.807) is 6.92 Å². The molecule has 4 rings (SSSR count). The maximum Gasteiger partial charge on any atom is 0.475 e. The van der Waals surface area contributed by atoms with Crippen LogP contribution in [0.3, 0.4) is 0 Å². The van der Waals surface area contributed by atoms with E-state index in [1.807, 2.05) is 91.0 Å². The van der Waals surface area contributed by atoms with E-state index in [4.69, 9.17) is 72.1 Å². The second kappa shape index (κ2) is 23.6. The lowest BCUT2D eigenvalue weighted by atomic mass is 9.76. The maximum atomic E-state index is 15.0. The van der Waals surface area contributed by atoms with E-state index in [2.05, 4.69) is 5.32 Å². The van der Waals surface area contributed by atoms with Crippen molar-refractivity contribution >= 4 is 54.6 Å². The van der Waals surface area contributed by atoms with Crippen LogP contribution >= 0.6 is 42.6 Å². The third kappa shape index (κ3) is 14.5. The van der Waals surface area contributed by atoms with Crippen molar-refractivity contribution in [3.05, 3.63) is 108 Å². The number of ether oxygens (including phenoxy) is 5. The fourth-order valence-corrected chi connectivity index (χ4v) is 8.53. The lowest BCUT2D eigenvalue weighted by Crippen LogP contribution is -2.57. The molecule has 59 heavy (non-hydrogen) atoms. The molecular weight excluding hydrogens is 844 g/mol. The van der Waals surface area contributed by atoms with E-state index < -0.39 is 53.3 Å². The molecule has 1 N–H and O–H groups in total. The Kier molecular flexibility index (Phi) is 19.6. The minimum Gasteiger partial charge on any atom is -0.469 e. The van der Waals surface area contributed by atoms with Crippen LogP contribution in [-0.2, 0) is 56.9 Å². The first kappa shape index (κ1) is 49.1. The van der Waals surface area contributed by atoms with Crippen molar-refractivity contribution in [1.82, 2.24) is 5.32 Å². The summed E-state index contributed by atoms with van der Waals surface area (Å²) in [6.45, 7) is 5.00. The monoisotopic (exact) mass is 899 g/mol. The van der Waals surface area contributed by atoms with Gasteiger partial charge in [0.05, 0.1) is 39.1 Å². The van der Waals surface area contributed by atoms with Gasteiger partial charge in [0.2, 0.25) is 3.79 Å². The summed E-state index contributed by atoms with van der Waals surface area (Å²) in [7, 11) is -2.16. The summed E-state index contributed by atoms with van der Waals surface area (Å²) in [5, 5.41) is 3.56. The number of phosphoric ester groups is 1. The summed E-state index contributed by atoms with van der Waals surface area (Å²) in [5.41, 5.74) is -0.468. The average molecular weight is 901 g/mol. The molecule has 0 spiro atoms. The number of hydrogen-bond donors (Lipinski definition) is 1. The number of nitrogens with one attached hydrogen (secondary N) is 1. The van der Waals surface area contributed by atoms with Gasteiger partial charge in [-0.3, -0.25) is 28.5 Å². The second-order valence-electron chi connectivity index (χ2n) is 14.7. The summed E-state index contributed by atoms with van der Waals surface area (Å²) >= 11 is 19.0. The molecule has 326 valence electrons. The highest BCUT2D eigenvalue weighted by Gasteiger charge is 2.50. The largest absolute Gasteiger partial charge is 0.475 e. The summed E-state index contributed by atoms with van der Waals surface area (Å²) in [4.78, 5) is 25.4. The SMILES string of the molecule is COC(=O)CCCCCOC[C@H](COP(=O)(O[C@H](C)[C@H](NC(c1ccccc1)(c1ccccc1)c1ccccc1)C(=O)OC)OC(C)(C)C(Cl)(Cl)Cl)OC1CCCCO1. The third-order valence-corrected chi connectivity index (χ3v) is 12.9. The molecule has 12 nitrogen and oxygen atoms in total. The number of phosphoric acid groups is 1. The number of methoxy groups -OCH3 is 2. The van der Waals surface area contributed by atoms with Gasteiger partial charge >= 0.3 is 19.8 Å². The number of unbranched alkanes of at least 4 members (excludes halogenated alkanes) is 2. The van der Waals surface area contributed by atoms with E-state index in [9.17, 15) is 9.59 Å². The molecule has 1 heterocycles. The predicted octanol–water partition coefficient (Wildman–Crippen LogP) is 9.47. The van der Waals surface area contributed by atoms with Crippen molar-refractivity contribution in [2.24, 2.45) is 0 Å². The Labute approximate surface area is 363 Å². The normalized spacial score (nSPS) is 17.7. The van der Waals surface area contributed by atoms with Crippen LogP contribution < -0.4 is 5.32 Å². The molecule has 0 bridgehead atoms. The highest BCUT2D eigenvalue weighted by atomic mass is 35.6. The Hall–Kier alpha value is -2.58. The van der Waals surface area contributed by atoms with Gasteiger partial charge in [-0.15, -0.1) is 0 Å². The molecule has 0 aromatic heterocycles. The molecule has 0 aliphatic carbocycles. The van der Waals surface area contributed by atoms with Crippen LogP contribution in [0.25, 0.3) is 0 Å². The van der Waals surface area contributed by atoms with E-state index in [-0.39, 0.29) is 19.2 Å². The lowest BCUT2D eigenvalue weighted by Gasteiger charge is -2.41. The molecule has 1 aliphatic heterocycles. The Morgan fingerprint density at radius 1 is 0.831 bits per heavy atom. The quantitative estimate of drug-likeness (QED) is 0.0302. The van der Waals surface area contributed by atoms with Crippen molar-refractivity contribution in [2.45, 2.75) is 105 Å². The van der Waals surface area contributed by atoms with Crippen LogP contribution in [0.15, 0.2) is 91.0 Å². The minimum absolute atomic E-state index is 0.0420. The third-order valence-electron chi connectivity index (χ3n) is 9.84. The van der Waals surface area contributed by atoms with Gasteiger partial charge in [0.1, 0.15) is 17.7 Å². The Morgan fingerprint density at radius 2 is 1.41 bits per heavy atom. The minimum atomic E-state index is -4.77. The van der Waals surface area contributed by atoms with Gasteiger partial charge in [-0.05, 0) is 69.6 Å². The van der Waals surface area contributed by atoms with Crippen LogP contribution in [0, 0.1) is 0 Å². The molecule has 0 saturated carbocycles. The molecule has 1 fully saturated rings. The average Bonchev–Trinajstić information content (AvgIpc) is 3.23. The standard InChI is InChI=1S/C43H57Cl3NO11P/c1-32(39(40(49)52-5)47-42(33-20-10-6-11-21-33,34-22-12-7-13-23-34)35-24-14-8-15-25-35)57-59(50,58-41(2,3)43(44,45)46)55-31-36(56-38-27-17-19-29-54-38)30-53-28-18-9-16-26-37(48)51-4/h6-8,10-15,20-25,32,36,38-39,47H,9,16-19,26-31H2,1-5H3/t32-,36-,38?,39+,59?/m1/s1. The Morgan fingerprint density at radius 3 is 1.90 bits per heavy atom. The van der Waals surface area contributed by atoms with E-state index in [0.717, 1.165) is 36.0 Å². The fourth-order valence-electron chi connectivity index (χ4n) is 6.52. The smallest absolute Gasteiger partial charge is 0.469 e. The van der Waals surface area contributed by atoms with Crippen molar-refractivity contribution in [3.8, 4) is 0 Å². The van der Waals surface area contributed by atoms with Crippen molar-refractivity contribution < 1.29 is 51.4 Å². The van der Waals surface area contributed by atoms with Gasteiger partial charge in [-0.1, -0.05) is 132 Å². The molecule has 5 atom stereocenters. The van der Waals surface area contributed by atoms with Gasteiger partial charge in [0.25, 0.3) is 0 Å². The number of halogens is 3. The van der Waals surface area contributed by atoms with Crippen LogP contribution in [0.2, 0.25) is 0 Å². The molecule has 0 amide bonds. The number of esters is 2. The van der Waals surface area contributed by atoms with Gasteiger partial charge in [0, 0.05) is 19.6 Å². The van der Waals surface area contributed by atoms with Crippen molar-refractivity contribution in [3.63, 3.8) is 0 Å². The van der Waals surface area contributed by atoms with Crippen molar-refractivity contribution in [1.29, 1.82) is 0 Å². The zero-order valence-corrected chi connectivity index (χ0v) is 37.5. The Bertz CT molecular complexity index is 1650. The summed E-state index contributed by atoms with van der Waals surface area (Å²) in [5.74, 6) is -0.978.